The lowest BCUT2D eigenvalue weighted by Crippen LogP contribution is -2.40. The van der Waals surface area contributed by atoms with Gasteiger partial charge in [-0.1, -0.05) is 0 Å². The molecule has 0 aromatic carbocycles. The van der Waals surface area contributed by atoms with Crippen LogP contribution in [0, 0.1) is 0 Å². The minimum Gasteiger partial charge on any atom is -0.480 e. The molecule has 20 heavy (non-hydrogen) atoms. The van der Waals surface area contributed by atoms with Gasteiger partial charge in [0, 0.05) is 19.1 Å². The standard InChI is InChI=1S/C12H21N2O5P/c15-11(14-7-2-3-9(14)12(16)17)5-8-20(18,19)10-4-1-6-13-10/h9-10,13H,1-8H2,(H,16,17)(H,18,19). The molecular weight excluding hydrogens is 283 g/mol. The van der Waals surface area contributed by atoms with Crippen LogP contribution in [-0.2, 0) is 14.2 Å². The van der Waals surface area contributed by atoms with E-state index in [1.54, 1.807) is 0 Å². The summed E-state index contributed by atoms with van der Waals surface area (Å²) >= 11 is 0. The maximum atomic E-state index is 12.2. The second-order valence-electron chi connectivity index (χ2n) is 5.42. The van der Waals surface area contributed by atoms with Crippen LogP contribution in [0.4, 0.5) is 0 Å². The Bertz CT molecular complexity index is 436. The van der Waals surface area contributed by atoms with E-state index in [4.69, 9.17) is 5.11 Å². The second-order valence-corrected chi connectivity index (χ2v) is 8.01. The molecule has 2 rings (SSSR count). The predicted octanol–water partition coefficient (Wildman–Crippen LogP) is 0.432. The maximum absolute atomic E-state index is 12.2. The number of nitrogens with zero attached hydrogens (tertiary/aromatic N) is 1. The van der Waals surface area contributed by atoms with Crippen molar-refractivity contribution in [1.29, 1.82) is 0 Å². The molecule has 3 atom stereocenters. The van der Waals surface area contributed by atoms with Gasteiger partial charge in [0.2, 0.25) is 13.3 Å². The number of amides is 1. The molecule has 3 unspecified atom stereocenters. The molecule has 2 saturated heterocycles. The third-order valence-corrected chi connectivity index (χ3v) is 6.30. The number of carbonyl (C=O) groups excluding carboxylic acids is 1. The van der Waals surface area contributed by atoms with E-state index in [9.17, 15) is 19.0 Å². The zero-order valence-electron chi connectivity index (χ0n) is 11.3. The highest BCUT2D eigenvalue weighted by Gasteiger charge is 2.37. The number of aliphatic carboxylic acids is 1. The summed E-state index contributed by atoms with van der Waals surface area (Å²) in [6.45, 7) is 1.16. The van der Waals surface area contributed by atoms with Gasteiger partial charge >= 0.3 is 5.97 Å². The van der Waals surface area contributed by atoms with Gasteiger partial charge in [0.15, 0.2) is 0 Å². The number of hydrogen-bond donors (Lipinski definition) is 3. The molecule has 1 amide bonds. The lowest BCUT2D eigenvalue weighted by molar-refractivity contribution is -0.148. The van der Waals surface area contributed by atoms with Crippen LogP contribution in [-0.4, -0.2) is 57.9 Å². The van der Waals surface area contributed by atoms with E-state index in [2.05, 4.69) is 5.32 Å². The van der Waals surface area contributed by atoms with E-state index in [0.717, 1.165) is 13.0 Å². The summed E-state index contributed by atoms with van der Waals surface area (Å²) in [7, 11) is -3.38. The number of nitrogens with one attached hydrogen (secondary N) is 1. The fourth-order valence-electron chi connectivity index (χ4n) is 2.89. The summed E-state index contributed by atoms with van der Waals surface area (Å²) in [4.78, 5) is 34.4. The van der Waals surface area contributed by atoms with E-state index >= 15 is 0 Å². The minimum absolute atomic E-state index is 0.0598. The van der Waals surface area contributed by atoms with Crippen LogP contribution < -0.4 is 5.32 Å². The van der Waals surface area contributed by atoms with Gasteiger partial charge in [-0.2, -0.15) is 0 Å². The van der Waals surface area contributed by atoms with Gasteiger partial charge in [-0.25, -0.2) is 4.79 Å². The smallest absolute Gasteiger partial charge is 0.326 e. The van der Waals surface area contributed by atoms with Gasteiger partial charge in [-0.05, 0) is 32.2 Å². The number of rotatable bonds is 5. The van der Waals surface area contributed by atoms with E-state index in [0.29, 0.717) is 25.8 Å². The van der Waals surface area contributed by atoms with Gasteiger partial charge in [-0.15, -0.1) is 0 Å². The number of likely N-dealkylation sites (tertiary alicyclic amines) is 1. The Morgan fingerprint density at radius 3 is 2.65 bits per heavy atom. The molecule has 0 aromatic heterocycles. The number of carboxylic acids is 1. The fourth-order valence-corrected chi connectivity index (χ4v) is 4.71. The highest BCUT2D eigenvalue weighted by Crippen LogP contribution is 2.48. The molecule has 0 aromatic rings. The first-order valence-electron chi connectivity index (χ1n) is 6.99. The molecular formula is C12H21N2O5P. The Kier molecular flexibility index (Phi) is 4.83. The molecule has 0 bridgehead atoms. The first-order valence-corrected chi connectivity index (χ1v) is 8.90. The number of carbonyl (C=O) groups is 2. The predicted molar refractivity (Wildman–Crippen MR) is 72.7 cm³/mol. The van der Waals surface area contributed by atoms with E-state index in [-0.39, 0.29) is 18.5 Å². The monoisotopic (exact) mass is 304 g/mol. The Labute approximate surface area is 117 Å². The molecule has 0 spiro atoms. The molecule has 2 aliphatic rings. The second kappa shape index (κ2) is 6.24. The summed E-state index contributed by atoms with van der Waals surface area (Å²) in [5.74, 6) is -1.74. The molecule has 0 saturated carbocycles. The SMILES string of the molecule is O=C(O)C1CCCN1C(=O)CCP(=O)(O)C1CCCN1. The van der Waals surface area contributed by atoms with Gasteiger partial charge in [0.25, 0.3) is 0 Å². The molecule has 0 aliphatic carbocycles. The van der Waals surface area contributed by atoms with Crippen LogP contribution in [0.25, 0.3) is 0 Å². The van der Waals surface area contributed by atoms with Crippen molar-refractivity contribution in [2.24, 2.45) is 0 Å². The third kappa shape index (κ3) is 3.40. The highest BCUT2D eigenvalue weighted by molar-refractivity contribution is 7.58. The molecule has 2 fully saturated rings. The summed E-state index contributed by atoms with van der Waals surface area (Å²) in [6.07, 6.45) is 2.52. The van der Waals surface area contributed by atoms with Crippen molar-refractivity contribution < 1.29 is 24.2 Å². The first kappa shape index (κ1) is 15.5. The first-order chi connectivity index (χ1) is 9.42. The topological polar surface area (TPSA) is 107 Å². The number of carboxylic acid groups (broad SMARTS) is 1. The fraction of sp³-hybridized carbons (Fsp3) is 0.833. The molecule has 8 heteroatoms. The molecule has 2 aliphatic heterocycles. The van der Waals surface area contributed by atoms with Crippen LogP contribution in [0.15, 0.2) is 0 Å². The van der Waals surface area contributed by atoms with Crippen LogP contribution in [0.2, 0.25) is 0 Å². The average Bonchev–Trinajstić information content (AvgIpc) is 3.06. The Hall–Kier alpha value is -0.910. The Morgan fingerprint density at radius 1 is 1.30 bits per heavy atom. The van der Waals surface area contributed by atoms with Gasteiger partial charge in [-0.3, -0.25) is 9.36 Å². The van der Waals surface area contributed by atoms with E-state index in [1.807, 2.05) is 0 Å². The van der Waals surface area contributed by atoms with Crippen molar-refractivity contribution in [3.8, 4) is 0 Å². The summed E-state index contributed by atoms with van der Waals surface area (Å²) in [5, 5.41) is 12.0. The highest BCUT2D eigenvalue weighted by atomic mass is 31.2. The van der Waals surface area contributed by atoms with Crippen LogP contribution in [0.3, 0.4) is 0 Å². The maximum Gasteiger partial charge on any atom is 0.326 e. The van der Waals surface area contributed by atoms with Crippen molar-refractivity contribution in [2.45, 2.75) is 43.9 Å². The molecule has 0 radical (unpaired) electrons. The quantitative estimate of drug-likeness (QED) is 0.636. The summed E-state index contributed by atoms with van der Waals surface area (Å²) in [5.41, 5.74) is 0. The third-order valence-electron chi connectivity index (χ3n) is 4.03. The molecule has 2 heterocycles. The normalized spacial score (nSPS) is 29.4. The van der Waals surface area contributed by atoms with Gasteiger partial charge in [0.1, 0.15) is 6.04 Å². The lowest BCUT2D eigenvalue weighted by atomic mass is 10.2. The van der Waals surface area contributed by atoms with Crippen molar-refractivity contribution >= 4 is 19.2 Å². The lowest BCUT2D eigenvalue weighted by Gasteiger charge is -2.23. The molecule has 7 nitrogen and oxygen atoms in total. The number of hydrogen-bond acceptors (Lipinski definition) is 4. The van der Waals surface area contributed by atoms with E-state index < -0.39 is 25.2 Å². The largest absolute Gasteiger partial charge is 0.480 e. The Balaban J connectivity index is 1.88. The molecule has 3 N–H and O–H groups in total. The van der Waals surface area contributed by atoms with Crippen molar-refractivity contribution in [2.75, 3.05) is 19.3 Å². The zero-order valence-corrected chi connectivity index (χ0v) is 12.2. The van der Waals surface area contributed by atoms with Crippen LogP contribution in [0.1, 0.15) is 32.1 Å². The summed E-state index contributed by atoms with van der Waals surface area (Å²) < 4.78 is 12.2. The van der Waals surface area contributed by atoms with Gasteiger partial charge in [0.05, 0.1) is 5.78 Å². The summed E-state index contributed by atoms with van der Waals surface area (Å²) in [6, 6.07) is -0.773. The van der Waals surface area contributed by atoms with Crippen molar-refractivity contribution in [3.63, 3.8) is 0 Å². The average molecular weight is 304 g/mol. The van der Waals surface area contributed by atoms with Crippen LogP contribution >= 0.6 is 7.37 Å². The molecule has 114 valence electrons. The van der Waals surface area contributed by atoms with Gasteiger partial charge < -0.3 is 20.2 Å². The minimum atomic E-state index is -3.38. The van der Waals surface area contributed by atoms with Crippen molar-refractivity contribution in [1.82, 2.24) is 10.2 Å². The zero-order chi connectivity index (χ0) is 14.8. The van der Waals surface area contributed by atoms with E-state index in [1.165, 1.54) is 4.90 Å². The Morgan fingerprint density at radius 2 is 2.05 bits per heavy atom. The van der Waals surface area contributed by atoms with Crippen molar-refractivity contribution in [3.05, 3.63) is 0 Å². The van der Waals surface area contributed by atoms with Crippen LogP contribution in [0.5, 0.6) is 0 Å².